The van der Waals surface area contributed by atoms with Crippen LogP contribution in [-0.2, 0) is 4.79 Å². The van der Waals surface area contributed by atoms with Gasteiger partial charge in [-0.3, -0.25) is 9.59 Å². The van der Waals surface area contributed by atoms with Crippen LogP contribution < -0.4 is 16.4 Å². The lowest BCUT2D eigenvalue weighted by atomic mass is 10.1. The highest BCUT2D eigenvalue weighted by atomic mass is 19.1. The molecule has 0 fully saturated rings. The zero-order valence-corrected chi connectivity index (χ0v) is 11.5. The van der Waals surface area contributed by atoms with E-state index in [1.807, 2.05) is 0 Å². The molecule has 0 saturated carbocycles. The number of nitrogens with two attached hydrogens (primary N) is 1. The first-order valence-corrected chi connectivity index (χ1v) is 6.55. The number of aryl methyl sites for hydroxylation is 1. The van der Waals surface area contributed by atoms with Gasteiger partial charge in [0.2, 0.25) is 5.91 Å². The van der Waals surface area contributed by atoms with E-state index >= 15 is 0 Å². The number of hydrogen-bond acceptors (Lipinski definition) is 3. The molecular weight excluding hydrogens is 261 g/mol. The highest BCUT2D eigenvalue weighted by Gasteiger charge is 2.07. The summed E-state index contributed by atoms with van der Waals surface area (Å²) in [4.78, 5) is 23.0. The fraction of sp³-hybridized carbons (Fsp3) is 0.429. The Morgan fingerprint density at radius 2 is 1.95 bits per heavy atom. The van der Waals surface area contributed by atoms with Crippen molar-refractivity contribution in [1.82, 2.24) is 10.6 Å². The molecule has 1 aromatic carbocycles. The van der Waals surface area contributed by atoms with Gasteiger partial charge in [0.1, 0.15) is 5.82 Å². The van der Waals surface area contributed by atoms with Gasteiger partial charge < -0.3 is 16.4 Å². The van der Waals surface area contributed by atoms with Crippen LogP contribution in [0.15, 0.2) is 18.2 Å². The minimum absolute atomic E-state index is 0.0916. The Bertz CT molecular complexity index is 477. The van der Waals surface area contributed by atoms with Crippen LogP contribution >= 0.6 is 0 Å². The standard InChI is InChI=1S/C14H20FN3O2/c1-10-4-5-11(9-12(10)15)14(20)18-8-7-17-13(19)3-2-6-16/h4-5,9H,2-3,6-8,16H2,1H3,(H,17,19)(H,18,20). The molecule has 6 heteroatoms. The summed E-state index contributed by atoms with van der Waals surface area (Å²) in [5.74, 6) is -0.862. The third-order valence-corrected chi connectivity index (χ3v) is 2.77. The number of carbonyl (C=O) groups excluding carboxylic acids is 2. The van der Waals surface area contributed by atoms with E-state index in [4.69, 9.17) is 5.73 Å². The number of rotatable bonds is 7. The average molecular weight is 281 g/mol. The second kappa shape index (κ2) is 8.27. The van der Waals surface area contributed by atoms with E-state index in [-0.39, 0.29) is 17.4 Å². The molecule has 2 amide bonds. The van der Waals surface area contributed by atoms with Crippen LogP contribution in [0.2, 0.25) is 0 Å². The SMILES string of the molecule is Cc1ccc(C(=O)NCCNC(=O)CCCN)cc1F. The smallest absolute Gasteiger partial charge is 0.251 e. The van der Waals surface area contributed by atoms with Crippen molar-refractivity contribution in [3.63, 3.8) is 0 Å². The molecule has 0 bridgehead atoms. The number of benzene rings is 1. The lowest BCUT2D eigenvalue weighted by Crippen LogP contribution is -2.34. The molecule has 1 aromatic rings. The van der Waals surface area contributed by atoms with Gasteiger partial charge in [-0.05, 0) is 37.6 Å². The third-order valence-electron chi connectivity index (χ3n) is 2.77. The maximum atomic E-state index is 13.3. The molecule has 0 heterocycles. The summed E-state index contributed by atoms with van der Waals surface area (Å²) >= 11 is 0. The van der Waals surface area contributed by atoms with E-state index < -0.39 is 5.82 Å². The summed E-state index contributed by atoms with van der Waals surface area (Å²) in [6, 6.07) is 4.32. The second-order valence-electron chi connectivity index (χ2n) is 4.46. The van der Waals surface area contributed by atoms with Crippen LogP contribution in [0, 0.1) is 12.7 Å². The number of nitrogens with one attached hydrogen (secondary N) is 2. The first-order chi connectivity index (χ1) is 9.54. The molecule has 0 aliphatic rings. The van der Waals surface area contributed by atoms with E-state index in [0.717, 1.165) is 0 Å². The molecule has 0 spiro atoms. The van der Waals surface area contributed by atoms with E-state index in [9.17, 15) is 14.0 Å². The summed E-state index contributed by atoms with van der Waals surface area (Å²) in [7, 11) is 0. The van der Waals surface area contributed by atoms with Crippen molar-refractivity contribution in [2.24, 2.45) is 5.73 Å². The molecule has 0 unspecified atom stereocenters. The van der Waals surface area contributed by atoms with E-state index in [0.29, 0.717) is 38.0 Å². The lowest BCUT2D eigenvalue weighted by Gasteiger charge is -2.07. The van der Waals surface area contributed by atoms with Crippen molar-refractivity contribution < 1.29 is 14.0 Å². The monoisotopic (exact) mass is 281 g/mol. The predicted octanol–water partition coefficient (Wildman–Crippen LogP) is 0.719. The summed E-state index contributed by atoms with van der Waals surface area (Å²) in [5, 5.41) is 5.27. The lowest BCUT2D eigenvalue weighted by molar-refractivity contribution is -0.121. The van der Waals surface area contributed by atoms with Crippen LogP contribution in [-0.4, -0.2) is 31.4 Å². The van der Waals surface area contributed by atoms with E-state index in [1.165, 1.54) is 6.07 Å². The van der Waals surface area contributed by atoms with Crippen molar-refractivity contribution in [2.45, 2.75) is 19.8 Å². The van der Waals surface area contributed by atoms with Gasteiger partial charge in [0.25, 0.3) is 5.91 Å². The highest BCUT2D eigenvalue weighted by molar-refractivity contribution is 5.94. The first-order valence-electron chi connectivity index (χ1n) is 6.55. The molecule has 0 aromatic heterocycles. The van der Waals surface area contributed by atoms with E-state index in [2.05, 4.69) is 10.6 Å². The summed E-state index contributed by atoms with van der Waals surface area (Å²) < 4.78 is 13.3. The predicted molar refractivity (Wildman–Crippen MR) is 74.8 cm³/mol. The Kier molecular flexibility index (Phi) is 6.66. The molecule has 0 radical (unpaired) electrons. The van der Waals surface area contributed by atoms with Gasteiger partial charge in [-0.25, -0.2) is 4.39 Å². The first kappa shape index (κ1) is 16.1. The van der Waals surface area contributed by atoms with Gasteiger partial charge in [0.05, 0.1) is 0 Å². The molecule has 5 nitrogen and oxygen atoms in total. The zero-order chi connectivity index (χ0) is 15.0. The summed E-state index contributed by atoms with van der Waals surface area (Å²) in [5.41, 5.74) is 6.05. The van der Waals surface area contributed by atoms with Gasteiger partial charge in [-0.2, -0.15) is 0 Å². The van der Waals surface area contributed by atoms with Crippen LogP contribution in [0.3, 0.4) is 0 Å². The average Bonchev–Trinajstić information content (AvgIpc) is 2.44. The zero-order valence-electron chi connectivity index (χ0n) is 11.5. The van der Waals surface area contributed by atoms with Crippen molar-refractivity contribution in [2.75, 3.05) is 19.6 Å². The molecule has 0 aliphatic carbocycles. The summed E-state index contributed by atoms with van der Waals surface area (Å²) in [6.45, 7) is 2.74. The van der Waals surface area contributed by atoms with Gasteiger partial charge in [-0.15, -0.1) is 0 Å². The molecule has 0 atom stereocenters. The van der Waals surface area contributed by atoms with Crippen molar-refractivity contribution >= 4 is 11.8 Å². The molecule has 0 aliphatic heterocycles. The summed E-state index contributed by atoms with van der Waals surface area (Å²) in [6.07, 6.45) is 1.02. The Balaban J connectivity index is 2.29. The molecule has 1 rings (SSSR count). The van der Waals surface area contributed by atoms with Crippen LogP contribution in [0.1, 0.15) is 28.8 Å². The molecule has 4 N–H and O–H groups in total. The molecule has 20 heavy (non-hydrogen) atoms. The fourth-order valence-electron chi connectivity index (χ4n) is 1.57. The van der Waals surface area contributed by atoms with Crippen molar-refractivity contribution in [3.05, 3.63) is 35.1 Å². The van der Waals surface area contributed by atoms with Gasteiger partial charge in [0.15, 0.2) is 0 Å². The highest BCUT2D eigenvalue weighted by Crippen LogP contribution is 2.08. The quantitative estimate of drug-likeness (QED) is 0.644. The van der Waals surface area contributed by atoms with Gasteiger partial charge in [0, 0.05) is 25.1 Å². The van der Waals surface area contributed by atoms with Gasteiger partial charge >= 0.3 is 0 Å². The second-order valence-corrected chi connectivity index (χ2v) is 4.46. The largest absolute Gasteiger partial charge is 0.354 e. The Labute approximate surface area is 117 Å². The Morgan fingerprint density at radius 1 is 1.25 bits per heavy atom. The topological polar surface area (TPSA) is 84.2 Å². The minimum Gasteiger partial charge on any atom is -0.354 e. The molecule has 0 saturated heterocycles. The van der Waals surface area contributed by atoms with Crippen LogP contribution in [0.25, 0.3) is 0 Å². The third kappa shape index (κ3) is 5.36. The van der Waals surface area contributed by atoms with Crippen molar-refractivity contribution in [3.8, 4) is 0 Å². The minimum atomic E-state index is -0.410. The maximum Gasteiger partial charge on any atom is 0.251 e. The Morgan fingerprint density at radius 3 is 2.60 bits per heavy atom. The maximum absolute atomic E-state index is 13.3. The van der Waals surface area contributed by atoms with Gasteiger partial charge in [-0.1, -0.05) is 6.07 Å². The fourth-order valence-corrected chi connectivity index (χ4v) is 1.57. The normalized spacial score (nSPS) is 10.2. The molecular formula is C14H20FN3O2. The van der Waals surface area contributed by atoms with Crippen molar-refractivity contribution in [1.29, 1.82) is 0 Å². The number of hydrogen-bond donors (Lipinski definition) is 3. The molecule has 110 valence electrons. The number of halogens is 1. The number of amides is 2. The number of carbonyl (C=O) groups is 2. The van der Waals surface area contributed by atoms with Crippen LogP contribution in [0.4, 0.5) is 4.39 Å². The Hall–Kier alpha value is -1.95. The van der Waals surface area contributed by atoms with Crippen LogP contribution in [0.5, 0.6) is 0 Å². The van der Waals surface area contributed by atoms with E-state index in [1.54, 1.807) is 19.1 Å².